The first kappa shape index (κ1) is 7.83. The highest BCUT2D eigenvalue weighted by Gasteiger charge is 2.46. The van der Waals surface area contributed by atoms with E-state index in [0.29, 0.717) is 11.1 Å². The van der Waals surface area contributed by atoms with Crippen LogP contribution >= 0.6 is 11.6 Å². The molecular formula is C9H12ClN3. The lowest BCUT2D eigenvalue weighted by Gasteiger charge is -2.08. The number of aromatic amines is 1. The quantitative estimate of drug-likeness (QED) is 0.761. The van der Waals surface area contributed by atoms with Gasteiger partial charge in [0, 0.05) is 22.7 Å². The van der Waals surface area contributed by atoms with Gasteiger partial charge in [0.1, 0.15) is 0 Å². The van der Waals surface area contributed by atoms with Gasteiger partial charge in [0.15, 0.2) is 5.15 Å². The Labute approximate surface area is 81.6 Å². The minimum atomic E-state index is -0.151. The lowest BCUT2D eigenvalue weighted by Crippen LogP contribution is -2.20. The van der Waals surface area contributed by atoms with E-state index in [1.807, 2.05) is 0 Å². The molecule has 0 saturated heterocycles. The summed E-state index contributed by atoms with van der Waals surface area (Å²) < 4.78 is 0. The van der Waals surface area contributed by atoms with Crippen molar-refractivity contribution in [3.63, 3.8) is 0 Å². The zero-order chi connectivity index (χ0) is 9.05. The Balaban J connectivity index is 2.09. The molecule has 0 aromatic carbocycles. The SMILES string of the molecule is NC1(c2c(Cl)n[nH]c2C2CC2)CC1. The summed E-state index contributed by atoms with van der Waals surface area (Å²) in [5, 5.41) is 7.65. The topological polar surface area (TPSA) is 54.7 Å². The third-order valence-corrected chi connectivity index (χ3v) is 3.30. The van der Waals surface area contributed by atoms with E-state index in [4.69, 9.17) is 17.3 Å². The molecule has 2 aliphatic rings. The predicted octanol–water partition coefficient (Wildman–Crippen LogP) is 1.89. The molecule has 1 aromatic heterocycles. The average molecular weight is 198 g/mol. The highest BCUT2D eigenvalue weighted by Crippen LogP contribution is 2.51. The molecule has 1 aromatic rings. The third-order valence-electron chi connectivity index (χ3n) is 3.02. The van der Waals surface area contributed by atoms with Crippen LogP contribution < -0.4 is 5.73 Å². The molecule has 0 radical (unpaired) electrons. The van der Waals surface area contributed by atoms with Gasteiger partial charge in [-0.05, 0) is 25.7 Å². The van der Waals surface area contributed by atoms with Crippen LogP contribution in [0.2, 0.25) is 5.15 Å². The molecule has 0 atom stereocenters. The predicted molar refractivity (Wildman–Crippen MR) is 50.7 cm³/mol. The van der Waals surface area contributed by atoms with E-state index in [0.717, 1.165) is 18.4 Å². The average Bonchev–Trinajstić information content (AvgIpc) is 2.98. The first-order valence-corrected chi connectivity index (χ1v) is 5.12. The fourth-order valence-electron chi connectivity index (χ4n) is 1.86. The van der Waals surface area contributed by atoms with Gasteiger partial charge in [-0.3, -0.25) is 5.10 Å². The summed E-state index contributed by atoms with van der Waals surface area (Å²) in [6.07, 6.45) is 4.60. The monoisotopic (exact) mass is 197 g/mol. The maximum absolute atomic E-state index is 6.14. The van der Waals surface area contributed by atoms with Gasteiger partial charge in [-0.15, -0.1) is 0 Å². The largest absolute Gasteiger partial charge is 0.321 e. The molecule has 0 amide bonds. The highest BCUT2D eigenvalue weighted by molar-refractivity contribution is 6.30. The van der Waals surface area contributed by atoms with Crippen LogP contribution in [0.4, 0.5) is 0 Å². The maximum atomic E-state index is 6.14. The minimum Gasteiger partial charge on any atom is -0.321 e. The van der Waals surface area contributed by atoms with Crippen LogP contribution in [0.3, 0.4) is 0 Å². The molecule has 2 fully saturated rings. The second-order valence-corrected chi connectivity index (χ2v) is 4.59. The van der Waals surface area contributed by atoms with Gasteiger partial charge >= 0.3 is 0 Å². The Kier molecular flexibility index (Phi) is 1.37. The lowest BCUT2D eigenvalue weighted by atomic mass is 10.0. The third kappa shape index (κ3) is 1.11. The molecule has 13 heavy (non-hydrogen) atoms. The number of rotatable bonds is 2. The lowest BCUT2D eigenvalue weighted by molar-refractivity contribution is 0.725. The van der Waals surface area contributed by atoms with Crippen molar-refractivity contribution in [1.82, 2.24) is 10.2 Å². The van der Waals surface area contributed by atoms with Gasteiger partial charge in [0.05, 0.1) is 0 Å². The van der Waals surface area contributed by atoms with E-state index >= 15 is 0 Å². The number of hydrogen-bond donors (Lipinski definition) is 2. The maximum Gasteiger partial charge on any atom is 0.156 e. The molecule has 3 rings (SSSR count). The molecule has 0 spiro atoms. The zero-order valence-corrected chi connectivity index (χ0v) is 8.06. The molecule has 0 aliphatic heterocycles. The van der Waals surface area contributed by atoms with E-state index in [9.17, 15) is 0 Å². The number of nitrogens with zero attached hydrogens (tertiary/aromatic N) is 1. The molecule has 1 heterocycles. The highest BCUT2D eigenvalue weighted by atomic mass is 35.5. The number of halogens is 1. The molecule has 70 valence electrons. The second-order valence-electron chi connectivity index (χ2n) is 4.23. The fourth-order valence-corrected chi connectivity index (χ4v) is 2.19. The van der Waals surface area contributed by atoms with Crippen molar-refractivity contribution in [3.05, 3.63) is 16.4 Å². The first-order valence-electron chi connectivity index (χ1n) is 4.74. The standard InChI is InChI=1S/C9H12ClN3/c10-8-6(9(11)3-4-9)7(12-13-8)5-1-2-5/h5H,1-4,11H2,(H,12,13). The van der Waals surface area contributed by atoms with E-state index in [1.165, 1.54) is 18.5 Å². The number of H-pyrrole nitrogens is 1. The summed E-state index contributed by atoms with van der Waals surface area (Å²) in [6.45, 7) is 0. The van der Waals surface area contributed by atoms with Crippen LogP contribution in [0, 0.1) is 0 Å². The van der Waals surface area contributed by atoms with Crippen LogP contribution in [0.1, 0.15) is 42.9 Å². The van der Waals surface area contributed by atoms with Crippen LogP contribution in [0.25, 0.3) is 0 Å². The number of aromatic nitrogens is 2. The Bertz CT molecular complexity index is 350. The van der Waals surface area contributed by atoms with Crippen molar-refractivity contribution < 1.29 is 0 Å². The van der Waals surface area contributed by atoms with Gasteiger partial charge < -0.3 is 5.73 Å². The van der Waals surface area contributed by atoms with Crippen molar-refractivity contribution >= 4 is 11.6 Å². The molecular weight excluding hydrogens is 186 g/mol. The molecule has 2 saturated carbocycles. The fraction of sp³-hybridized carbons (Fsp3) is 0.667. The molecule has 2 aliphatic carbocycles. The zero-order valence-electron chi connectivity index (χ0n) is 7.31. The van der Waals surface area contributed by atoms with Crippen LogP contribution in [-0.4, -0.2) is 10.2 Å². The molecule has 0 bridgehead atoms. The van der Waals surface area contributed by atoms with Crippen molar-refractivity contribution in [2.75, 3.05) is 0 Å². The molecule has 3 N–H and O–H groups in total. The second kappa shape index (κ2) is 2.28. The van der Waals surface area contributed by atoms with E-state index in [1.54, 1.807) is 0 Å². The van der Waals surface area contributed by atoms with Gasteiger partial charge in [-0.1, -0.05) is 11.6 Å². The van der Waals surface area contributed by atoms with Crippen molar-refractivity contribution in [2.45, 2.75) is 37.1 Å². The number of nitrogens with two attached hydrogens (primary N) is 1. The van der Waals surface area contributed by atoms with Gasteiger partial charge in [-0.25, -0.2) is 0 Å². The molecule has 3 nitrogen and oxygen atoms in total. The Hall–Kier alpha value is -0.540. The van der Waals surface area contributed by atoms with Gasteiger partial charge in [0.25, 0.3) is 0 Å². The normalized spacial score (nSPS) is 24.8. The van der Waals surface area contributed by atoms with Gasteiger partial charge in [-0.2, -0.15) is 5.10 Å². The molecule has 0 unspecified atom stereocenters. The Morgan fingerprint density at radius 3 is 2.69 bits per heavy atom. The summed E-state index contributed by atoms with van der Waals surface area (Å²) in [6, 6.07) is 0. The van der Waals surface area contributed by atoms with Gasteiger partial charge in [0.2, 0.25) is 0 Å². The van der Waals surface area contributed by atoms with Crippen LogP contribution in [0.15, 0.2) is 0 Å². The van der Waals surface area contributed by atoms with E-state index < -0.39 is 0 Å². The number of nitrogens with one attached hydrogen (secondary N) is 1. The Morgan fingerprint density at radius 1 is 1.46 bits per heavy atom. The number of hydrogen-bond acceptors (Lipinski definition) is 2. The summed E-state index contributed by atoms with van der Waals surface area (Å²) in [4.78, 5) is 0. The summed E-state index contributed by atoms with van der Waals surface area (Å²) in [7, 11) is 0. The minimum absolute atomic E-state index is 0.151. The summed E-state index contributed by atoms with van der Waals surface area (Å²) in [5.41, 5.74) is 8.28. The molecule has 4 heteroatoms. The summed E-state index contributed by atoms with van der Waals surface area (Å²) in [5.74, 6) is 0.649. The van der Waals surface area contributed by atoms with E-state index in [2.05, 4.69) is 10.2 Å². The smallest absolute Gasteiger partial charge is 0.156 e. The van der Waals surface area contributed by atoms with Crippen molar-refractivity contribution in [3.8, 4) is 0 Å². The first-order chi connectivity index (χ1) is 6.21. The van der Waals surface area contributed by atoms with Crippen LogP contribution in [0.5, 0.6) is 0 Å². The Morgan fingerprint density at radius 2 is 2.15 bits per heavy atom. The summed E-state index contributed by atoms with van der Waals surface area (Å²) >= 11 is 6.02. The van der Waals surface area contributed by atoms with Crippen molar-refractivity contribution in [1.29, 1.82) is 0 Å². The van der Waals surface area contributed by atoms with Crippen molar-refractivity contribution in [2.24, 2.45) is 5.73 Å². The van der Waals surface area contributed by atoms with Crippen LogP contribution in [-0.2, 0) is 5.54 Å². The van der Waals surface area contributed by atoms with E-state index in [-0.39, 0.29) is 5.54 Å².